The summed E-state index contributed by atoms with van der Waals surface area (Å²) in [6.07, 6.45) is -0.625. The van der Waals surface area contributed by atoms with Gasteiger partial charge in [0.1, 0.15) is 0 Å². The van der Waals surface area contributed by atoms with Gasteiger partial charge >= 0.3 is 0 Å². The van der Waals surface area contributed by atoms with Crippen molar-refractivity contribution >= 4 is 23.2 Å². The molecule has 1 atom stereocenters. The van der Waals surface area contributed by atoms with Crippen LogP contribution in [0.25, 0.3) is 0 Å². The van der Waals surface area contributed by atoms with Crippen LogP contribution in [0.5, 0.6) is 5.75 Å². The van der Waals surface area contributed by atoms with Crippen LogP contribution in [0.4, 0.5) is 11.4 Å². The van der Waals surface area contributed by atoms with E-state index in [0.29, 0.717) is 23.5 Å². The number of para-hydroxylation sites is 1. The molecule has 1 unspecified atom stereocenters. The summed E-state index contributed by atoms with van der Waals surface area (Å²) in [6.45, 7) is 6.12. The topological polar surface area (TPSA) is 58.6 Å². The summed E-state index contributed by atoms with van der Waals surface area (Å²) in [6, 6.07) is 13.0. The average Bonchev–Trinajstić information content (AvgIpc) is 2.56. The minimum atomic E-state index is -0.625. The van der Waals surface area contributed by atoms with Gasteiger partial charge in [-0.1, -0.05) is 18.2 Å². The number of benzene rings is 2. The van der Waals surface area contributed by atoms with Gasteiger partial charge in [-0.25, -0.2) is 0 Å². The molecule has 1 heterocycles. The van der Waals surface area contributed by atoms with Gasteiger partial charge in [-0.3, -0.25) is 9.59 Å². The number of rotatable bonds is 3. The van der Waals surface area contributed by atoms with Crippen LogP contribution in [0.3, 0.4) is 0 Å². The molecule has 2 amide bonds. The molecular formula is C19H20N2O3. The molecule has 1 aliphatic rings. The van der Waals surface area contributed by atoms with E-state index in [9.17, 15) is 9.59 Å². The lowest BCUT2D eigenvalue weighted by Gasteiger charge is -2.27. The summed E-state index contributed by atoms with van der Waals surface area (Å²) in [5.74, 6) is 0.0714. The second kappa shape index (κ2) is 6.35. The Balaban J connectivity index is 2.01. The molecule has 3 rings (SSSR count). The normalized spacial score (nSPS) is 16.0. The third-order valence-corrected chi connectivity index (χ3v) is 4.04. The van der Waals surface area contributed by atoms with Crippen LogP contribution in [0.1, 0.15) is 29.8 Å². The van der Waals surface area contributed by atoms with Crippen LogP contribution < -0.4 is 15.0 Å². The fraction of sp³-hybridized carbons (Fsp3) is 0.263. The van der Waals surface area contributed by atoms with E-state index in [1.807, 2.05) is 38.1 Å². The minimum Gasteiger partial charge on any atom is -0.478 e. The summed E-state index contributed by atoms with van der Waals surface area (Å²) in [4.78, 5) is 26.5. The molecule has 0 saturated heterocycles. The third-order valence-electron chi connectivity index (χ3n) is 4.04. The number of carbonyl (C=O) groups excluding carboxylic acids is 2. The monoisotopic (exact) mass is 324 g/mol. The van der Waals surface area contributed by atoms with Gasteiger partial charge < -0.3 is 15.0 Å². The molecule has 0 bridgehead atoms. The van der Waals surface area contributed by atoms with Crippen LogP contribution in [-0.4, -0.2) is 24.5 Å². The summed E-state index contributed by atoms with van der Waals surface area (Å²) in [7, 11) is 0. The first-order chi connectivity index (χ1) is 11.5. The van der Waals surface area contributed by atoms with Gasteiger partial charge in [0.25, 0.3) is 11.8 Å². The van der Waals surface area contributed by atoms with Crippen molar-refractivity contribution in [2.75, 3.05) is 16.8 Å². The molecule has 0 aliphatic carbocycles. The summed E-state index contributed by atoms with van der Waals surface area (Å²) in [5, 5.41) is 2.78. The standard InChI is InChI=1S/C19H20N2O3/c1-4-21(14-8-5-7-12(2)11-14)19(23)15-9-6-10-16-17(15)24-13(3)18(22)20-16/h5-11,13H,4H2,1-3H3,(H,20,22). The molecule has 0 saturated carbocycles. The summed E-state index contributed by atoms with van der Waals surface area (Å²) >= 11 is 0. The maximum atomic E-state index is 13.1. The molecule has 2 aromatic rings. The SMILES string of the molecule is CCN(C(=O)c1cccc2c1OC(C)C(=O)N2)c1cccc(C)c1. The van der Waals surface area contributed by atoms with Crippen molar-refractivity contribution < 1.29 is 14.3 Å². The number of nitrogens with zero attached hydrogens (tertiary/aromatic N) is 1. The third kappa shape index (κ3) is 2.85. The Kier molecular flexibility index (Phi) is 4.25. The number of amides is 2. The van der Waals surface area contributed by atoms with E-state index in [0.717, 1.165) is 11.3 Å². The first kappa shape index (κ1) is 16.1. The lowest BCUT2D eigenvalue weighted by atomic mass is 10.1. The molecule has 5 nitrogen and oxygen atoms in total. The molecule has 0 spiro atoms. The highest BCUT2D eigenvalue weighted by Gasteiger charge is 2.29. The van der Waals surface area contributed by atoms with Crippen molar-refractivity contribution in [3.8, 4) is 5.75 Å². The minimum absolute atomic E-state index is 0.150. The Hall–Kier alpha value is -2.82. The highest BCUT2D eigenvalue weighted by Crippen LogP contribution is 2.34. The molecule has 5 heteroatoms. The molecule has 2 aromatic carbocycles. The smallest absolute Gasteiger partial charge is 0.265 e. The Labute approximate surface area is 141 Å². The zero-order valence-electron chi connectivity index (χ0n) is 14.0. The summed E-state index contributed by atoms with van der Waals surface area (Å²) < 4.78 is 5.69. The van der Waals surface area contributed by atoms with Crippen molar-refractivity contribution in [3.63, 3.8) is 0 Å². The van der Waals surface area contributed by atoms with E-state index in [1.165, 1.54) is 0 Å². The van der Waals surface area contributed by atoms with E-state index < -0.39 is 6.10 Å². The van der Waals surface area contributed by atoms with Crippen LogP contribution in [-0.2, 0) is 4.79 Å². The molecule has 1 N–H and O–H groups in total. The van der Waals surface area contributed by atoms with Gasteiger partial charge in [0, 0.05) is 12.2 Å². The Bertz CT molecular complexity index is 801. The zero-order valence-corrected chi connectivity index (χ0v) is 14.0. The number of hydrogen-bond donors (Lipinski definition) is 1. The Morgan fingerprint density at radius 1 is 1.25 bits per heavy atom. The number of nitrogens with one attached hydrogen (secondary N) is 1. The number of aryl methyl sites for hydroxylation is 1. The van der Waals surface area contributed by atoms with E-state index in [-0.39, 0.29) is 11.8 Å². The second-order valence-corrected chi connectivity index (χ2v) is 5.82. The first-order valence-corrected chi connectivity index (χ1v) is 8.00. The highest BCUT2D eigenvalue weighted by atomic mass is 16.5. The van der Waals surface area contributed by atoms with Crippen molar-refractivity contribution in [2.24, 2.45) is 0 Å². The predicted molar refractivity (Wildman–Crippen MR) is 93.7 cm³/mol. The molecular weight excluding hydrogens is 304 g/mol. The first-order valence-electron chi connectivity index (χ1n) is 8.00. The van der Waals surface area contributed by atoms with Gasteiger partial charge in [0.2, 0.25) is 0 Å². The maximum absolute atomic E-state index is 13.1. The van der Waals surface area contributed by atoms with E-state index in [4.69, 9.17) is 4.74 Å². The second-order valence-electron chi connectivity index (χ2n) is 5.82. The number of fused-ring (bicyclic) bond motifs is 1. The fourth-order valence-electron chi connectivity index (χ4n) is 2.78. The Morgan fingerprint density at radius 2 is 2.00 bits per heavy atom. The van der Waals surface area contributed by atoms with Gasteiger partial charge in [-0.05, 0) is 50.6 Å². The summed E-state index contributed by atoms with van der Waals surface area (Å²) in [5.41, 5.74) is 2.91. The Morgan fingerprint density at radius 3 is 2.71 bits per heavy atom. The van der Waals surface area contributed by atoms with Crippen LogP contribution >= 0.6 is 0 Å². The zero-order chi connectivity index (χ0) is 17.3. The van der Waals surface area contributed by atoms with E-state index >= 15 is 0 Å². The molecule has 0 fully saturated rings. The average molecular weight is 324 g/mol. The fourth-order valence-corrected chi connectivity index (χ4v) is 2.78. The van der Waals surface area contributed by atoms with Gasteiger partial charge in [0.05, 0.1) is 11.3 Å². The highest BCUT2D eigenvalue weighted by molar-refractivity contribution is 6.10. The number of hydrogen-bond acceptors (Lipinski definition) is 3. The largest absolute Gasteiger partial charge is 0.478 e. The lowest BCUT2D eigenvalue weighted by molar-refractivity contribution is -0.122. The van der Waals surface area contributed by atoms with E-state index in [2.05, 4.69) is 5.32 Å². The van der Waals surface area contributed by atoms with Gasteiger partial charge in [-0.2, -0.15) is 0 Å². The number of carbonyl (C=O) groups is 2. The van der Waals surface area contributed by atoms with Crippen molar-refractivity contribution in [1.82, 2.24) is 0 Å². The molecule has 0 radical (unpaired) electrons. The quantitative estimate of drug-likeness (QED) is 0.941. The number of ether oxygens (including phenoxy) is 1. The van der Waals surface area contributed by atoms with Crippen LogP contribution in [0, 0.1) is 6.92 Å². The van der Waals surface area contributed by atoms with Crippen LogP contribution in [0.2, 0.25) is 0 Å². The van der Waals surface area contributed by atoms with Crippen molar-refractivity contribution in [3.05, 3.63) is 53.6 Å². The van der Waals surface area contributed by atoms with Gasteiger partial charge in [0.15, 0.2) is 11.9 Å². The van der Waals surface area contributed by atoms with Crippen LogP contribution in [0.15, 0.2) is 42.5 Å². The predicted octanol–water partition coefficient (Wildman–Crippen LogP) is 3.38. The molecule has 24 heavy (non-hydrogen) atoms. The van der Waals surface area contributed by atoms with Gasteiger partial charge in [-0.15, -0.1) is 0 Å². The van der Waals surface area contributed by atoms with Crippen molar-refractivity contribution in [2.45, 2.75) is 26.9 Å². The molecule has 1 aliphatic heterocycles. The molecule has 0 aromatic heterocycles. The lowest BCUT2D eigenvalue weighted by Crippen LogP contribution is -2.37. The molecule has 124 valence electrons. The number of anilines is 2. The van der Waals surface area contributed by atoms with E-state index in [1.54, 1.807) is 30.0 Å². The maximum Gasteiger partial charge on any atom is 0.265 e. The van der Waals surface area contributed by atoms with Crippen molar-refractivity contribution in [1.29, 1.82) is 0 Å².